The third-order valence-corrected chi connectivity index (χ3v) is 5.68. The highest BCUT2D eigenvalue weighted by Gasteiger charge is 2.10. The Bertz CT molecular complexity index is 1330. The van der Waals surface area contributed by atoms with E-state index >= 15 is 0 Å². The normalized spacial score (nSPS) is 12.7. The highest BCUT2D eigenvalue weighted by atomic mass is 32.2. The van der Waals surface area contributed by atoms with E-state index in [0.29, 0.717) is 10.7 Å². The predicted octanol–water partition coefficient (Wildman–Crippen LogP) is 3.32. The molecule has 30 heavy (non-hydrogen) atoms. The lowest BCUT2D eigenvalue weighted by Crippen LogP contribution is -2.04. The molecule has 6 nitrogen and oxygen atoms in total. The first-order chi connectivity index (χ1) is 14.5. The van der Waals surface area contributed by atoms with Crippen LogP contribution < -0.4 is 9.86 Å². The SMILES string of the molecule is CS(=O)Nc1ccc(C#Cc2nc3ccc(-c4ccccc4S(N)=O)cc3[nH]2)cc1. The Hall–Kier alpha value is -3.25. The van der Waals surface area contributed by atoms with Crippen LogP contribution in [0.3, 0.4) is 0 Å². The second-order valence-electron chi connectivity index (χ2n) is 6.49. The molecule has 4 rings (SSSR count). The summed E-state index contributed by atoms with van der Waals surface area (Å²) in [6, 6.07) is 20.5. The molecular weight excluding hydrogens is 416 g/mol. The molecule has 1 heterocycles. The van der Waals surface area contributed by atoms with E-state index in [4.69, 9.17) is 5.14 Å². The van der Waals surface area contributed by atoms with Gasteiger partial charge in [-0.15, -0.1) is 0 Å². The van der Waals surface area contributed by atoms with Crippen molar-refractivity contribution in [2.75, 3.05) is 11.0 Å². The monoisotopic (exact) mass is 434 g/mol. The van der Waals surface area contributed by atoms with Crippen molar-refractivity contribution >= 4 is 38.7 Å². The number of hydrogen-bond donors (Lipinski definition) is 3. The molecule has 0 saturated heterocycles. The lowest BCUT2D eigenvalue weighted by Gasteiger charge is -2.06. The molecule has 4 N–H and O–H groups in total. The maximum atomic E-state index is 11.8. The van der Waals surface area contributed by atoms with Gasteiger partial charge in [-0.2, -0.15) is 0 Å². The zero-order chi connectivity index (χ0) is 21.1. The second-order valence-corrected chi connectivity index (χ2v) is 8.64. The molecule has 0 bridgehead atoms. The number of nitrogens with two attached hydrogens (primary N) is 1. The molecule has 0 aliphatic rings. The van der Waals surface area contributed by atoms with Crippen LogP contribution in [0.5, 0.6) is 0 Å². The van der Waals surface area contributed by atoms with Crippen molar-refractivity contribution in [2.45, 2.75) is 4.90 Å². The molecular formula is C22H18N4O2S2. The lowest BCUT2D eigenvalue weighted by molar-refractivity contribution is 0.684. The summed E-state index contributed by atoms with van der Waals surface area (Å²) in [4.78, 5) is 8.31. The van der Waals surface area contributed by atoms with E-state index in [0.717, 1.165) is 33.4 Å². The van der Waals surface area contributed by atoms with E-state index in [9.17, 15) is 8.42 Å². The molecule has 1 aromatic heterocycles. The van der Waals surface area contributed by atoms with Gasteiger partial charge in [0.2, 0.25) is 0 Å². The van der Waals surface area contributed by atoms with Gasteiger partial charge in [0.25, 0.3) is 0 Å². The fourth-order valence-corrected chi connectivity index (χ4v) is 4.12. The number of rotatable bonds is 4. The van der Waals surface area contributed by atoms with Crippen molar-refractivity contribution < 1.29 is 8.42 Å². The van der Waals surface area contributed by atoms with Crippen LogP contribution in [0, 0.1) is 11.8 Å². The van der Waals surface area contributed by atoms with Crippen molar-refractivity contribution in [3.05, 3.63) is 78.1 Å². The van der Waals surface area contributed by atoms with E-state index in [2.05, 4.69) is 26.5 Å². The maximum absolute atomic E-state index is 11.8. The Morgan fingerprint density at radius 1 is 1.00 bits per heavy atom. The van der Waals surface area contributed by atoms with E-state index in [-0.39, 0.29) is 0 Å². The van der Waals surface area contributed by atoms with Gasteiger partial charge >= 0.3 is 0 Å². The average Bonchev–Trinajstić information content (AvgIpc) is 3.15. The third-order valence-electron chi connectivity index (χ3n) is 4.37. The fraction of sp³-hybridized carbons (Fsp3) is 0.0455. The molecule has 3 aromatic carbocycles. The fourth-order valence-electron chi connectivity index (χ4n) is 3.04. The van der Waals surface area contributed by atoms with Crippen molar-refractivity contribution in [1.29, 1.82) is 0 Å². The summed E-state index contributed by atoms with van der Waals surface area (Å²) in [5.74, 6) is 6.65. The van der Waals surface area contributed by atoms with Crippen molar-refractivity contribution in [1.82, 2.24) is 9.97 Å². The van der Waals surface area contributed by atoms with E-state index in [1.54, 1.807) is 12.3 Å². The molecule has 0 fully saturated rings. The summed E-state index contributed by atoms with van der Waals surface area (Å²) in [5, 5.41) is 5.61. The van der Waals surface area contributed by atoms with Gasteiger partial charge in [-0.05, 0) is 59.5 Å². The van der Waals surface area contributed by atoms with Gasteiger partial charge in [0.05, 0.1) is 15.9 Å². The van der Waals surface area contributed by atoms with Gasteiger partial charge in [-0.1, -0.05) is 30.2 Å². The number of H-pyrrole nitrogens is 1. The third kappa shape index (κ3) is 4.49. The molecule has 0 amide bonds. The Morgan fingerprint density at radius 3 is 2.50 bits per heavy atom. The minimum Gasteiger partial charge on any atom is -0.331 e. The van der Waals surface area contributed by atoms with E-state index < -0.39 is 22.0 Å². The van der Waals surface area contributed by atoms with Crippen LogP contribution in [-0.4, -0.2) is 24.6 Å². The van der Waals surface area contributed by atoms with Crippen LogP contribution in [0.1, 0.15) is 11.4 Å². The summed E-state index contributed by atoms with van der Waals surface area (Å²) in [6.07, 6.45) is 1.58. The number of hydrogen-bond acceptors (Lipinski definition) is 3. The molecule has 0 aliphatic carbocycles. The van der Waals surface area contributed by atoms with Crippen LogP contribution in [0.25, 0.3) is 22.2 Å². The lowest BCUT2D eigenvalue weighted by atomic mass is 10.1. The summed E-state index contributed by atoms with van der Waals surface area (Å²) in [6.45, 7) is 0. The summed E-state index contributed by atoms with van der Waals surface area (Å²) in [5.41, 5.74) is 4.94. The summed E-state index contributed by atoms with van der Waals surface area (Å²) >= 11 is 0. The zero-order valence-electron chi connectivity index (χ0n) is 16.0. The summed E-state index contributed by atoms with van der Waals surface area (Å²) < 4.78 is 25.9. The topological polar surface area (TPSA) is 101 Å². The number of imidazole rings is 1. The van der Waals surface area contributed by atoms with Gasteiger partial charge in [0.15, 0.2) is 5.82 Å². The number of benzene rings is 3. The summed E-state index contributed by atoms with van der Waals surface area (Å²) in [7, 11) is -2.68. The Labute approximate surface area is 179 Å². The number of aromatic nitrogens is 2. The van der Waals surface area contributed by atoms with Crippen molar-refractivity contribution in [2.24, 2.45) is 5.14 Å². The smallest absolute Gasteiger partial charge is 0.184 e. The Morgan fingerprint density at radius 2 is 1.77 bits per heavy atom. The van der Waals surface area contributed by atoms with Crippen molar-refractivity contribution in [3.63, 3.8) is 0 Å². The molecule has 2 atom stereocenters. The quantitative estimate of drug-likeness (QED) is 0.430. The van der Waals surface area contributed by atoms with Crippen LogP contribution in [-0.2, 0) is 22.0 Å². The molecule has 0 spiro atoms. The van der Waals surface area contributed by atoms with Gasteiger partial charge in [-0.25, -0.2) is 18.5 Å². The average molecular weight is 435 g/mol. The molecule has 2 unspecified atom stereocenters. The van der Waals surface area contributed by atoms with Gasteiger partial charge < -0.3 is 9.71 Å². The molecule has 4 aromatic rings. The molecule has 8 heteroatoms. The number of aromatic amines is 1. The Balaban J connectivity index is 1.62. The first-order valence-electron chi connectivity index (χ1n) is 8.97. The molecule has 150 valence electrons. The zero-order valence-corrected chi connectivity index (χ0v) is 17.6. The number of anilines is 1. The number of nitrogens with one attached hydrogen (secondary N) is 2. The first-order valence-corrected chi connectivity index (χ1v) is 11.7. The van der Waals surface area contributed by atoms with Gasteiger partial charge in [-0.3, -0.25) is 0 Å². The number of nitrogens with zero attached hydrogens (tertiary/aromatic N) is 1. The van der Waals surface area contributed by atoms with Gasteiger partial charge in [0.1, 0.15) is 22.0 Å². The van der Waals surface area contributed by atoms with Crippen LogP contribution in [0.2, 0.25) is 0 Å². The molecule has 0 aliphatic heterocycles. The largest absolute Gasteiger partial charge is 0.331 e. The van der Waals surface area contributed by atoms with Crippen LogP contribution in [0.15, 0.2) is 71.6 Å². The molecule has 0 radical (unpaired) electrons. The van der Waals surface area contributed by atoms with Gasteiger partial charge in [0, 0.05) is 17.5 Å². The minimum atomic E-state index is -1.57. The maximum Gasteiger partial charge on any atom is 0.184 e. The highest BCUT2D eigenvalue weighted by Crippen LogP contribution is 2.27. The van der Waals surface area contributed by atoms with Crippen LogP contribution >= 0.6 is 0 Å². The highest BCUT2D eigenvalue weighted by molar-refractivity contribution is 7.85. The Kier molecular flexibility index (Phi) is 5.77. The van der Waals surface area contributed by atoms with E-state index in [1.165, 1.54) is 0 Å². The van der Waals surface area contributed by atoms with E-state index in [1.807, 2.05) is 60.7 Å². The van der Waals surface area contributed by atoms with Crippen LogP contribution in [0.4, 0.5) is 5.69 Å². The second kappa shape index (κ2) is 8.63. The molecule has 0 saturated carbocycles. The minimum absolute atomic E-state index is 0.551. The number of fused-ring (bicyclic) bond motifs is 1. The first kappa shape index (κ1) is 20.0. The standard InChI is InChI=1S/C22H18N4O2S2/c1-29(27)26-17-10-6-15(7-11-17)8-13-22-24-19-12-9-16(14-20(19)25-22)18-4-2-3-5-21(18)30(23)28/h2-7,9-12,14,26H,23H2,1H3,(H,24,25). The predicted molar refractivity (Wildman–Crippen MR) is 122 cm³/mol. The van der Waals surface area contributed by atoms with Crippen molar-refractivity contribution in [3.8, 4) is 23.0 Å².